The molecule has 0 saturated carbocycles. The highest BCUT2D eigenvalue weighted by Crippen LogP contribution is 2.49. The summed E-state index contributed by atoms with van der Waals surface area (Å²) in [6.45, 7) is 0. The van der Waals surface area contributed by atoms with Gasteiger partial charge in [-0.3, -0.25) is 0 Å². The SMILES string of the molecule is c1ccc(-c2c(-c3ccccc3)c3cc(N(c4ccc5ccccc5c4)c4ccccc4-c4cccc5oc6c7ccccc7ccc6c45)ccc3c3ccccc23)cc1. The standard InChI is InChI=1S/C58H37NO/c1-3-18-40(19-4-1)55-49-26-12-11-24-46(49)47-35-33-44(37-52(47)56(55)41-20-5-2-6-21-41)59(43-32-30-38-16-7-8-22-42(38)36-43)53-28-14-13-25-48(53)50-27-15-29-54-57(50)51-34-31-39-17-9-10-23-45(39)58(51)60-54/h1-37H. The monoisotopic (exact) mass is 763 g/mol. The van der Waals surface area contributed by atoms with Crippen molar-refractivity contribution in [2.45, 2.75) is 0 Å². The lowest BCUT2D eigenvalue weighted by Gasteiger charge is -2.29. The first-order chi connectivity index (χ1) is 29.8. The van der Waals surface area contributed by atoms with E-state index in [0.717, 1.165) is 55.5 Å². The second-order valence-electron chi connectivity index (χ2n) is 15.6. The highest BCUT2D eigenvalue weighted by molar-refractivity contribution is 6.23. The molecule has 0 N–H and O–H groups in total. The minimum atomic E-state index is 0.879. The summed E-state index contributed by atoms with van der Waals surface area (Å²) in [5.74, 6) is 0. The zero-order valence-electron chi connectivity index (χ0n) is 32.7. The molecule has 12 aromatic rings. The number of furan rings is 1. The van der Waals surface area contributed by atoms with E-state index in [1.165, 1.54) is 60.0 Å². The molecular weight excluding hydrogens is 727 g/mol. The first-order valence-corrected chi connectivity index (χ1v) is 20.6. The van der Waals surface area contributed by atoms with E-state index in [1.807, 2.05) is 0 Å². The van der Waals surface area contributed by atoms with Crippen LogP contribution in [-0.4, -0.2) is 0 Å². The molecule has 2 nitrogen and oxygen atoms in total. The van der Waals surface area contributed by atoms with Gasteiger partial charge in [-0.15, -0.1) is 0 Å². The Hall–Kier alpha value is -7.94. The van der Waals surface area contributed by atoms with Gasteiger partial charge in [-0.1, -0.05) is 182 Å². The summed E-state index contributed by atoms with van der Waals surface area (Å²) < 4.78 is 6.72. The van der Waals surface area contributed by atoms with Crippen molar-refractivity contribution < 1.29 is 4.42 Å². The number of nitrogens with zero attached hydrogens (tertiary/aromatic N) is 1. The van der Waals surface area contributed by atoms with Gasteiger partial charge in [0.05, 0.1) is 5.69 Å². The molecule has 0 fully saturated rings. The highest BCUT2D eigenvalue weighted by Gasteiger charge is 2.23. The van der Waals surface area contributed by atoms with E-state index in [2.05, 4.69) is 229 Å². The van der Waals surface area contributed by atoms with E-state index >= 15 is 0 Å². The molecule has 2 heteroatoms. The maximum Gasteiger partial charge on any atom is 0.143 e. The lowest BCUT2D eigenvalue weighted by atomic mass is 9.85. The number of benzene rings is 11. The minimum Gasteiger partial charge on any atom is -0.455 e. The van der Waals surface area contributed by atoms with Crippen LogP contribution < -0.4 is 4.90 Å². The maximum atomic E-state index is 6.72. The van der Waals surface area contributed by atoms with E-state index in [1.54, 1.807) is 0 Å². The summed E-state index contributed by atoms with van der Waals surface area (Å²) in [5, 5.41) is 11.8. The van der Waals surface area contributed by atoms with Crippen LogP contribution in [0.3, 0.4) is 0 Å². The van der Waals surface area contributed by atoms with E-state index in [0.29, 0.717) is 0 Å². The molecule has 0 aliphatic carbocycles. The average Bonchev–Trinajstić information content (AvgIpc) is 3.72. The number of rotatable bonds is 6. The van der Waals surface area contributed by atoms with E-state index in [-0.39, 0.29) is 0 Å². The van der Waals surface area contributed by atoms with Gasteiger partial charge in [0.1, 0.15) is 11.2 Å². The van der Waals surface area contributed by atoms with Gasteiger partial charge < -0.3 is 9.32 Å². The van der Waals surface area contributed by atoms with Crippen LogP contribution in [0.5, 0.6) is 0 Å². The highest BCUT2D eigenvalue weighted by atomic mass is 16.3. The quantitative estimate of drug-likeness (QED) is 0.157. The molecule has 1 aromatic heterocycles. The van der Waals surface area contributed by atoms with Gasteiger partial charge in [-0.2, -0.15) is 0 Å². The smallest absolute Gasteiger partial charge is 0.143 e. The maximum absolute atomic E-state index is 6.72. The summed E-state index contributed by atoms with van der Waals surface area (Å²) in [6.07, 6.45) is 0. The molecule has 0 radical (unpaired) electrons. The van der Waals surface area contributed by atoms with E-state index in [9.17, 15) is 0 Å². The minimum absolute atomic E-state index is 0.879. The molecule has 0 aliphatic rings. The molecule has 0 atom stereocenters. The Balaban J connectivity index is 1.17. The normalized spacial score (nSPS) is 11.7. The molecule has 0 amide bonds. The molecule has 0 bridgehead atoms. The second kappa shape index (κ2) is 13.9. The Bertz CT molecular complexity index is 3600. The predicted molar refractivity (Wildman–Crippen MR) is 255 cm³/mol. The molecule has 0 unspecified atom stereocenters. The van der Waals surface area contributed by atoms with Crippen LogP contribution >= 0.6 is 0 Å². The summed E-state index contributed by atoms with van der Waals surface area (Å²) in [4.78, 5) is 2.45. The molecular formula is C58H37NO. The largest absolute Gasteiger partial charge is 0.455 e. The van der Waals surface area contributed by atoms with Gasteiger partial charge in [0.2, 0.25) is 0 Å². The van der Waals surface area contributed by atoms with E-state index < -0.39 is 0 Å². The number of hydrogen-bond acceptors (Lipinski definition) is 2. The van der Waals surface area contributed by atoms with Gasteiger partial charge in [0.25, 0.3) is 0 Å². The lowest BCUT2D eigenvalue weighted by Crippen LogP contribution is -2.11. The molecule has 280 valence electrons. The van der Waals surface area contributed by atoms with Crippen molar-refractivity contribution in [2.24, 2.45) is 0 Å². The fourth-order valence-electron chi connectivity index (χ4n) is 9.55. The van der Waals surface area contributed by atoms with E-state index in [4.69, 9.17) is 4.42 Å². The van der Waals surface area contributed by atoms with Gasteiger partial charge in [0, 0.05) is 33.1 Å². The van der Waals surface area contributed by atoms with Crippen molar-refractivity contribution in [1.29, 1.82) is 0 Å². The Kier molecular flexibility index (Phi) is 7.89. The van der Waals surface area contributed by atoms with Crippen LogP contribution in [-0.2, 0) is 0 Å². The number of hydrogen-bond donors (Lipinski definition) is 0. The lowest BCUT2D eigenvalue weighted by molar-refractivity contribution is 0.673. The number of fused-ring (bicyclic) bond motifs is 9. The van der Waals surface area contributed by atoms with Crippen molar-refractivity contribution >= 4 is 82.1 Å². The van der Waals surface area contributed by atoms with Gasteiger partial charge in [-0.25, -0.2) is 0 Å². The topological polar surface area (TPSA) is 16.4 Å². The van der Waals surface area contributed by atoms with Crippen LogP contribution in [0.1, 0.15) is 0 Å². The zero-order chi connectivity index (χ0) is 39.6. The Labute approximate surface area is 347 Å². The van der Waals surface area contributed by atoms with Crippen molar-refractivity contribution in [3.8, 4) is 33.4 Å². The zero-order valence-corrected chi connectivity index (χ0v) is 32.7. The summed E-state index contributed by atoms with van der Waals surface area (Å²) in [7, 11) is 0. The van der Waals surface area contributed by atoms with Crippen molar-refractivity contribution in [3.63, 3.8) is 0 Å². The van der Waals surface area contributed by atoms with Crippen molar-refractivity contribution in [1.82, 2.24) is 0 Å². The fourth-order valence-corrected chi connectivity index (χ4v) is 9.55. The second-order valence-corrected chi connectivity index (χ2v) is 15.6. The Morgan fingerprint density at radius 3 is 1.67 bits per heavy atom. The molecule has 60 heavy (non-hydrogen) atoms. The first-order valence-electron chi connectivity index (χ1n) is 20.6. The molecule has 0 spiro atoms. The predicted octanol–water partition coefficient (Wildman–Crippen LogP) is 16.7. The van der Waals surface area contributed by atoms with Gasteiger partial charge in [-0.05, 0) is 108 Å². The fraction of sp³-hybridized carbons (Fsp3) is 0. The molecule has 12 rings (SSSR count). The van der Waals surface area contributed by atoms with Crippen molar-refractivity contribution in [2.75, 3.05) is 4.90 Å². The van der Waals surface area contributed by atoms with Crippen LogP contribution in [0.25, 0.3) is 98.4 Å². The molecule has 11 aromatic carbocycles. The number of para-hydroxylation sites is 1. The summed E-state index contributed by atoms with van der Waals surface area (Å²) in [6, 6.07) is 81.3. The third kappa shape index (κ3) is 5.42. The van der Waals surface area contributed by atoms with Crippen molar-refractivity contribution in [3.05, 3.63) is 224 Å². The third-order valence-electron chi connectivity index (χ3n) is 12.2. The summed E-state index contributed by atoms with van der Waals surface area (Å²) in [5.41, 5.74) is 12.2. The molecule has 1 heterocycles. The average molecular weight is 764 g/mol. The first kappa shape index (κ1) is 34.1. The van der Waals surface area contributed by atoms with Gasteiger partial charge in [0.15, 0.2) is 0 Å². The molecule has 0 saturated heterocycles. The van der Waals surface area contributed by atoms with Gasteiger partial charge >= 0.3 is 0 Å². The van der Waals surface area contributed by atoms with Crippen LogP contribution in [0.4, 0.5) is 17.1 Å². The Morgan fingerprint density at radius 1 is 0.317 bits per heavy atom. The van der Waals surface area contributed by atoms with Crippen LogP contribution in [0.2, 0.25) is 0 Å². The molecule has 0 aliphatic heterocycles. The van der Waals surface area contributed by atoms with Crippen LogP contribution in [0, 0.1) is 0 Å². The Morgan fingerprint density at radius 2 is 0.867 bits per heavy atom. The third-order valence-corrected chi connectivity index (χ3v) is 12.2. The summed E-state index contributed by atoms with van der Waals surface area (Å²) >= 11 is 0. The van der Waals surface area contributed by atoms with Crippen LogP contribution in [0.15, 0.2) is 229 Å². The number of anilines is 3.